The number of thiocarbonyl (C=S) groups is 1. The second kappa shape index (κ2) is 11.2. The lowest BCUT2D eigenvalue weighted by molar-refractivity contribution is -0.119. The molecule has 8 nitrogen and oxygen atoms in total. The first-order valence-electron chi connectivity index (χ1n) is 10.2. The molecule has 1 aromatic rings. The fourth-order valence-corrected chi connectivity index (χ4v) is 3.47. The molecular weight excluding hydrogens is 430 g/mol. The first kappa shape index (κ1) is 25.5. The van der Waals surface area contributed by atoms with Crippen LogP contribution in [0.4, 0.5) is 11.4 Å². The van der Waals surface area contributed by atoms with Crippen LogP contribution in [0.2, 0.25) is 0 Å². The molecule has 0 saturated heterocycles. The highest BCUT2D eigenvalue weighted by atomic mass is 32.1. The number of amides is 2. The molecular formula is C23H31N3O5S. The minimum atomic E-state index is -0.465. The number of carbonyl (C=O) groups excluding carboxylic acids is 2. The van der Waals surface area contributed by atoms with Gasteiger partial charge in [0, 0.05) is 44.1 Å². The monoisotopic (exact) mass is 461 g/mol. The largest absolute Gasteiger partial charge is 0.498 e. The maximum atomic E-state index is 13.0. The van der Waals surface area contributed by atoms with Crippen LogP contribution in [0.3, 0.4) is 0 Å². The highest BCUT2D eigenvalue weighted by Gasteiger charge is 2.35. The number of hydrogen-bond acceptors (Lipinski definition) is 6. The first-order valence-corrected chi connectivity index (χ1v) is 10.6. The fourth-order valence-electron chi connectivity index (χ4n) is 3.27. The van der Waals surface area contributed by atoms with Crippen LogP contribution in [0.15, 0.2) is 47.2 Å². The van der Waals surface area contributed by atoms with Crippen molar-refractivity contribution in [2.24, 2.45) is 5.92 Å². The van der Waals surface area contributed by atoms with E-state index >= 15 is 0 Å². The molecule has 174 valence electrons. The number of methoxy groups -OCH3 is 3. The van der Waals surface area contributed by atoms with Gasteiger partial charge < -0.3 is 24.4 Å². The van der Waals surface area contributed by atoms with Crippen molar-refractivity contribution in [3.8, 4) is 0 Å². The number of nitrogens with one attached hydrogen (secondary N) is 2. The van der Waals surface area contributed by atoms with E-state index < -0.39 is 12.2 Å². The van der Waals surface area contributed by atoms with E-state index in [2.05, 4.69) is 10.6 Å². The molecule has 9 heteroatoms. The molecule has 0 saturated carbocycles. The van der Waals surface area contributed by atoms with Crippen molar-refractivity contribution in [3.63, 3.8) is 0 Å². The van der Waals surface area contributed by atoms with Gasteiger partial charge in [-0.3, -0.25) is 14.9 Å². The molecule has 0 bridgehead atoms. The molecule has 1 aliphatic carbocycles. The minimum Gasteiger partial charge on any atom is -0.498 e. The summed E-state index contributed by atoms with van der Waals surface area (Å²) in [5.74, 6) is -0.108. The maximum Gasteiger partial charge on any atom is 0.257 e. The van der Waals surface area contributed by atoms with Crippen LogP contribution in [-0.2, 0) is 23.8 Å². The SMILES string of the molecule is COC1=CC(C(=O)NC(=S)N(C)c2cccc(NC(=O)C(C)C)c2)=C(C)C(OC)C1OC. The van der Waals surface area contributed by atoms with Gasteiger partial charge in [-0.1, -0.05) is 19.9 Å². The van der Waals surface area contributed by atoms with E-state index in [4.69, 9.17) is 26.4 Å². The Morgan fingerprint density at radius 2 is 1.78 bits per heavy atom. The van der Waals surface area contributed by atoms with Gasteiger partial charge in [0.25, 0.3) is 5.91 Å². The Hall–Kier alpha value is -2.75. The van der Waals surface area contributed by atoms with E-state index in [9.17, 15) is 9.59 Å². The average Bonchev–Trinajstić information content (AvgIpc) is 2.77. The molecule has 32 heavy (non-hydrogen) atoms. The lowest BCUT2D eigenvalue weighted by Gasteiger charge is -2.31. The van der Waals surface area contributed by atoms with Gasteiger partial charge in [0.1, 0.15) is 18.0 Å². The molecule has 2 unspecified atom stereocenters. The molecule has 2 amide bonds. The predicted octanol–water partition coefficient (Wildman–Crippen LogP) is 3.01. The standard InChI is InChI=1S/C23H31N3O5S/c1-13(2)21(27)24-15-9-8-10-16(11-15)26(4)23(32)25-22(28)17-12-18(29-5)20(31-7)19(30-6)14(17)3/h8-13,19-20H,1-7H3,(H,24,27)(H,25,28,32). The Labute approximate surface area is 194 Å². The maximum absolute atomic E-state index is 13.0. The van der Waals surface area contributed by atoms with Gasteiger partial charge in [0.2, 0.25) is 5.91 Å². The number of benzene rings is 1. The van der Waals surface area contributed by atoms with Gasteiger partial charge in [0.05, 0.1) is 7.11 Å². The van der Waals surface area contributed by atoms with Crippen molar-refractivity contribution in [1.82, 2.24) is 5.32 Å². The normalized spacial score (nSPS) is 18.2. The molecule has 2 rings (SSSR count). The van der Waals surface area contributed by atoms with Crippen LogP contribution in [0.25, 0.3) is 0 Å². The number of rotatable bonds is 7. The highest BCUT2D eigenvalue weighted by Crippen LogP contribution is 2.29. The van der Waals surface area contributed by atoms with E-state index in [0.29, 0.717) is 28.3 Å². The summed E-state index contributed by atoms with van der Waals surface area (Å²) < 4.78 is 16.4. The molecule has 0 radical (unpaired) electrons. The third-order valence-corrected chi connectivity index (χ3v) is 5.61. The molecule has 1 aromatic carbocycles. The van der Waals surface area contributed by atoms with Crippen LogP contribution in [-0.4, -0.2) is 57.5 Å². The minimum absolute atomic E-state index is 0.0804. The second-order valence-electron chi connectivity index (χ2n) is 7.67. The van der Waals surface area contributed by atoms with Crippen LogP contribution in [0.1, 0.15) is 20.8 Å². The molecule has 2 N–H and O–H groups in total. The van der Waals surface area contributed by atoms with Gasteiger partial charge in [0.15, 0.2) is 5.11 Å². The third kappa shape index (κ3) is 5.73. The molecule has 0 heterocycles. The van der Waals surface area contributed by atoms with E-state index in [-0.39, 0.29) is 22.8 Å². The molecule has 0 fully saturated rings. The highest BCUT2D eigenvalue weighted by molar-refractivity contribution is 7.80. The van der Waals surface area contributed by atoms with Gasteiger partial charge in [-0.2, -0.15) is 0 Å². The number of nitrogens with zero attached hydrogens (tertiary/aromatic N) is 1. The first-order chi connectivity index (χ1) is 15.1. The summed E-state index contributed by atoms with van der Waals surface area (Å²) in [6.45, 7) is 5.46. The van der Waals surface area contributed by atoms with E-state index in [1.165, 1.54) is 7.11 Å². The Balaban J connectivity index is 2.19. The van der Waals surface area contributed by atoms with E-state index in [0.717, 1.165) is 0 Å². The molecule has 0 spiro atoms. The molecule has 0 aromatic heterocycles. The van der Waals surface area contributed by atoms with E-state index in [1.54, 1.807) is 44.4 Å². The number of anilines is 2. The number of carbonyl (C=O) groups is 2. The Kier molecular flexibility index (Phi) is 8.94. The third-order valence-electron chi connectivity index (χ3n) is 5.23. The quantitative estimate of drug-likeness (QED) is 0.604. The molecule has 2 atom stereocenters. The topological polar surface area (TPSA) is 89.1 Å². The van der Waals surface area contributed by atoms with E-state index in [1.807, 2.05) is 32.9 Å². The Morgan fingerprint density at radius 1 is 1.12 bits per heavy atom. The number of ether oxygens (including phenoxy) is 3. The van der Waals surface area contributed by atoms with Crippen LogP contribution >= 0.6 is 12.2 Å². The van der Waals surface area contributed by atoms with Crippen molar-refractivity contribution in [2.75, 3.05) is 38.6 Å². The predicted molar refractivity (Wildman–Crippen MR) is 128 cm³/mol. The number of hydrogen-bond donors (Lipinski definition) is 2. The summed E-state index contributed by atoms with van der Waals surface area (Å²) in [5, 5.41) is 5.82. The molecule has 0 aliphatic heterocycles. The molecule has 1 aliphatic rings. The van der Waals surface area contributed by atoms with Gasteiger partial charge >= 0.3 is 0 Å². The van der Waals surface area contributed by atoms with Gasteiger partial charge in [-0.05, 0) is 49.0 Å². The van der Waals surface area contributed by atoms with Gasteiger partial charge in [-0.15, -0.1) is 0 Å². The Bertz CT molecular complexity index is 941. The van der Waals surface area contributed by atoms with Crippen molar-refractivity contribution in [1.29, 1.82) is 0 Å². The Morgan fingerprint density at radius 3 is 2.34 bits per heavy atom. The zero-order valence-electron chi connectivity index (χ0n) is 19.5. The fraction of sp³-hybridized carbons (Fsp3) is 0.435. The lowest BCUT2D eigenvalue weighted by Crippen LogP contribution is -2.43. The summed E-state index contributed by atoms with van der Waals surface area (Å²) in [5.41, 5.74) is 2.47. The van der Waals surface area contributed by atoms with Crippen LogP contribution in [0.5, 0.6) is 0 Å². The van der Waals surface area contributed by atoms with Gasteiger partial charge in [-0.25, -0.2) is 0 Å². The van der Waals surface area contributed by atoms with Crippen LogP contribution in [0, 0.1) is 5.92 Å². The average molecular weight is 462 g/mol. The van der Waals surface area contributed by atoms with Crippen molar-refractivity contribution < 1.29 is 23.8 Å². The van der Waals surface area contributed by atoms with Crippen molar-refractivity contribution in [2.45, 2.75) is 33.0 Å². The summed E-state index contributed by atoms with van der Waals surface area (Å²) in [6.07, 6.45) is 0.729. The van der Waals surface area contributed by atoms with Crippen LogP contribution < -0.4 is 15.5 Å². The lowest BCUT2D eigenvalue weighted by atomic mass is 9.92. The zero-order chi connectivity index (χ0) is 24.0. The summed E-state index contributed by atoms with van der Waals surface area (Å²) in [6, 6.07) is 7.23. The van der Waals surface area contributed by atoms with Crippen molar-refractivity contribution in [3.05, 3.63) is 47.2 Å². The zero-order valence-corrected chi connectivity index (χ0v) is 20.3. The summed E-state index contributed by atoms with van der Waals surface area (Å²) >= 11 is 5.45. The summed E-state index contributed by atoms with van der Waals surface area (Å²) in [4.78, 5) is 26.7. The second-order valence-corrected chi connectivity index (χ2v) is 8.06. The summed E-state index contributed by atoms with van der Waals surface area (Å²) in [7, 11) is 6.37. The van der Waals surface area contributed by atoms with Crippen molar-refractivity contribution >= 4 is 40.5 Å². The smallest absolute Gasteiger partial charge is 0.257 e.